The van der Waals surface area contributed by atoms with Crippen LogP contribution in [0, 0.1) is 6.92 Å². The number of rotatable bonds is 9. The number of fused-ring (bicyclic) bond motifs is 2. The molecule has 0 saturated carbocycles. The van der Waals surface area contributed by atoms with Gasteiger partial charge in [-0.2, -0.15) is 0 Å². The minimum absolute atomic E-state index is 0. The number of aromatic hydroxyl groups is 7. The van der Waals surface area contributed by atoms with Crippen molar-refractivity contribution in [1.29, 1.82) is 0 Å². The zero-order valence-electron chi connectivity index (χ0n) is 38.1. The Bertz CT molecular complexity index is 3040. The number of ether oxygens (including phenoxy) is 4. The van der Waals surface area contributed by atoms with Crippen LogP contribution in [0.25, 0.3) is 33.3 Å². The number of amides is 2. The van der Waals surface area contributed by atoms with Crippen LogP contribution in [0.3, 0.4) is 0 Å². The Morgan fingerprint density at radius 1 is 0.881 bits per heavy atom. The summed E-state index contributed by atoms with van der Waals surface area (Å²) in [5.74, 6) is -3.80. The summed E-state index contributed by atoms with van der Waals surface area (Å²) in [6, 6.07) is 12.8. The molecule has 11 N–H and O–H groups in total. The quantitative estimate of drug-likeness (QED) is 0.0431. The van der Waals surface area contributed by atoms with Crippen LogP contribution in [0.5, 0.6) is 46.0 Å². The van der Waals surface area contributed by atoms with Crippen molar-refractivity contribution >= 4 is 39.6 Å². The first kappa shape index (κ1) is 51.1. The molecule has 7 rings (SSSR count). The number of phenols is 5. The predicted molar refractivity (Wildman–Crippen MR) is 236 cm³/mol. The van der Waals surface area contributed by atoms with E-state index >= 15 is 0 Å². The number of nitrogens with two attached hydrogens (primary N) is 1. The van der Waals surface area contributed by atoms with Crippen molar-refractivity contribution in [3.05, 3.63) is 110 Å². The van der Waals surface area contributed by atoms with E-state index in [1.807, 2.05) is 19.9 Å². The molecular formula is C46H47N2NaO18. The number of anilines is 1. The van der Waals surface area contributed by atoms with Crippen LogP contribution in [-0.2, 0) is 20.6 Å². The average Bonchev–Trinajstić information content (AvgIpc) is 3.24. The van der Waals surface area contributed by atoms with Gasteiger partial charge in [-0.15, -0.1) is 0 Å². The van der Waals surface area contributed by atoms with E-state index in [0.717, 1.165) is 29.8 Å². The summed E-state index contributed by atoms with van der Waals surface area (Å²) in [6.07, 6.45) is -3.81. The van der Waals surface area contributed by atoms with Gasteiger partial charge < -0.3 is 81.1 Å². The van der Waals surface area contributed by atoms with Gasteiger partial charge in [0.2, 0.25) is 17.5 Å². The van der Waals surface area contributed by atoms with Crippen LogP contribution in [0.4, 0.5) is 10.5 Å². The number of aliphatic hydroxyl groups excluding tert-OH is 1. The first-order chi connectivity index (χ1) is 31.0. The standard InChI is InChI=1S/C31H36N2O11.C15H10O7.Na.H/c1-14(2)7-8-16-13-17(9-11-19(16)34)27(37)33-21-22(35)18-10-12-20(15(3)24(18)42-28(21)38)41-29-23(36)25(43-30(32)39)26(40-6)31(4,5)44-29;16-7-4-10(19)12-11(5-7)22-15(14(21)13(12)20)6-1-2-8(17)9(18)3-6;;/h7,9-13,23,25-26,29,34-36H,8H2,1-6H3,(H2,32,39)(H,33,37);1-5,16-19,21H;;/q;;+1;-1/t23-,25+,26-,29-;;;/m1.../s1. The molecule has 0 aliphatic carbocycles. The van der Waals surface area contributed by atoms with Gasteiger partial charge in [0.05, 0.1) is 11.0 Å². The van der Waals surface area contributed by atoms with Crippen LogP contribution in [-0.4, -0.2) is 90.2 Å². The summed E-state index contributed by atoms with van der Waals surface area (Å²) in [7, 11) is 1.37. The third-order valence-electron chi connectivity index (χ3n) is 10.5. The number of carbonyl (C=O) groups excluding carboxylic acids is 2. The second kappa shape index (κ2) is 20.3. The Labute approximate surface area is 403 Å². The molecule has 0 spiro atoms. The van der Waals surface area contributed by atoms with Crippen LogP contribution in [0.1, 0.15) is 50.6 Å². The van der Waals surface area contributed by atoms with E-state index in [9.17, 15) is 60.0 Å². The fourth-order valence-electron chi connectivity index (χ4n) is 7.20. The third kappa shape index (κ3) is 10.7. The van der Waals surface area contributed by atoms with Gasteiger partial charge in [0.25, 0.3) is 5.91 Å². The normalized spacial score (nSPS) is 17.4. The van der Waals surface area contributed by atoms with Gasteiger partial charge >= 0.3 is 41.3 Å². The Hall–Kier alpha value is -6.94. The first-order valence-electron chi connectivity index (χ1n) is 19.8. The first-order valence-corrected chi connectivity index (χ1v) is 19.8. The molecule has 1 saturated heterocycles. The third-order valence-corrected chi connectivity index (χ3v) is 10.5. The Kier molecular flexibility index (Phi) is 15.5. The number of hydrogen-bond acceptors (Lipinski definition) is 18. The van der Waals surface area contributed by atoms with E-state index in [1.54, 1.807) is 20.8 Å². The summed E-state index contributed by atoms with van der Waals surface area (Å²) in [6.45, 7) is 8.69. The molecule has 0 unspecified atom stereocenters. The smallest absolute Gasteiger partial charge is 1.00 e. The topological polar surface area (TPSA) is 331 Å². The van der Waals surface area contributed by atoms with Crippen molar-refractivity contribution in [3.63, 3.8) is 0 Å². The molecule has 1 aliphatic rings. The van der Waals surface area contributed by atoms with Gasteiger partial charge in [-0.05, 0) is 95.1 Å². The molecule has 4 atom stereocenters. The number of nitrogens with one attached hydrogen (secondary N) is 1. The summed E-state index contributed by atoms with van der Waals surface area (Å²) < 4.78 is 33.2. The van der Waals surface area contributed by atoms with Gasteiger partial charge in [0, 0.05) is 35.9 Å². The van der Waals surface area contributed by atoms with Crippen LogP contribution in [0.2, 0.25) is 0 Å². The van der Waals surface area contributed by atoms with Gasteiger partial charge in [0.15, 0.2) is 40.9 Å². The fourth-order valence-corrected chi connectivity index (χ4v) is 7.20. The number of methoxy groups -OCH3 is 1. The second-order valence-corrected chi connectivity index (χ2v) is 15.9. The number of allylic oxidation sites excluding steroid dienone is 2. The molecule has 350 valence electrons. The van der Waals surface area contributed by atoms with Crippen molar-refractivity contribution in [1.82, 2.24) is 0 Å². The number of aliphatic hydroxyl groups is 1. The molecule has 1 aliphatic heterocycles. The Morgan fingerprint density at radius 3 is 2.21 bits per heavy atom. The summed E-state index contributed by atoms with van der Waals surface area (Å²) >= 11 is 0. The number of carbonyl (C=O) groups is 2. The molecule has 1 fully saturated rings. The molecule has 0 radical (unpaired) electrons. The van der Waals surface area contributed by atoms with E-state index in [4.69, 9.17) is 33.5 Å². The van der Waals surface area contributed by atoms with E-state index in [-0.39, 0.29) is 98.4 Å². The summed E-state index contributed by atoms with van der Waals surface area (Å²) in [5.41, 5.74) is 3.65. The number of benzene rings is 4. The molecule has 0 bridgehead atoms. The molecule has 2 amide bonds. The fraction of sp³-hybridized carbons (Fsp3) is 0.261. The minimum atomic E-state index is -1.52. The number of aryl methyl sites for hydroxylation is 1. The van der Waals surface area contributed by atoms with Crippen molar-refractivity contribution in [2.24, 2.45) is 5.73 Å². The maximum absolute atomic E-state index is 13.0. The predicted octanol–water partition coefficient (Wildman–Crippen LogP) is 2.73. The zero-order chi connectivity index (χ0) is 48.5. The maximum atomic E-state index is 13.0. The van der Waals surface area contributed by atoms with Crippen LogP contribution < -0.4 is 56.4 Å². The van der Waals surface area contributed by atoms with E-state index in [1.165, 1.54) is 43.5 Å². The largest absolute Gasteiger partial charge is 1.00 e. The number of phenolic OH excluding ortho intramolecular Hbond substituents is 5. The van der Waals surface area contributed by atoms with Crippen LogP contribution >= 0.6 is 0 Å². The molecule has 2 aromatic heterocycles. The SMILES string of the molecule is CO[C@@H]1[C@@H](OC(N)=O)[C@@H](O)[C@H](Oc2ccc3c(O)c(NC(=O)c4ccc(O)c(CC=C(C)C)c4)c(=O)oc3c2C)OC1(C)C.O=c1c(O)c(-c2ccc(O)c(O)c2)oc2cc(O)cc(O)c12.[H-].[Na+]. The molecule has 3 heterocycles. The molecule has 20 nitrogen and oxygen atoms in total. The van der Waals surface area contributed by atoms with Gasteiger partial charge in [0.1, 0.15) is 45.7 Å². The maximum Gasteiger partial charge on any atom is 1.00 e. The Balaban J connectivity index is 0.000000352. The number of primary amides is 1. The summed E-state index contributed by atoms with van der Waals surface area (Å²) in [5, 5.41) is 82.2. The van der Waals surface area contributed by atoms with E-state index in [0.29, 0.717) is 12.0 Å². The van der Waals surface area contributed by atoms with Crippen LogP contribution in [0.15, 0.2) is 90.7 Å². The molecular weight excluding hydrogens is 891 g/mol. The van der Waals surface area contributed by atoms with Crippen molar-refractivity contribution < 1.29 is 109 Å². The average molecular weight is 939 g/mol. The Morgan fingerprint density at radius 2 is 1.57 bits per heavy atom. The minimum Gasteiger partial charge on any atom is -1.00 e. The van der Waals surface area contributed by atoms with Gasteiger partial charge in [-0.25, -0.2) is 9.59 Å². The van der Waals surface area contributed by atoms with Gasteiger partial charge in [-0.3, -0.25) is 9.59 Å². The summed E-state index contributed by atoms with van der Waals surface area (Å²) in [4.78, 5) is 49.6. The van der Waals surface area contributed by atoms with Crippen molar-refractivity contribution in [3.8, 4) is 57.3 Å². The molecule has 21 heteroatoms. The van der Waals surface area contributed by atoms with Crippen molar-refractivity contribution in [2.75, 3.05) is 12.4 Å². The van der Waals surface area contributed by atoms with Gasteiger partial charge in [-0.1, -0.05) is 11.6 Å². The molecule has 6 aromatic rings. The van der Waals surface area contributed by atoms with Crippen molar-refractivity contribution in [2.45, 2.75) is 71.2 Å². The zero-order valence-corrected chi connectivity index (χ0v) is 39.1. The monoisotopic (exact) mass is 938 g/mol. The van der Waals surface area contributed by atoms with E-state index < -0.39 is 81.9 Å². The number of hydrogen-bond donors (Lipinski definition) is 10. The molecule has 4 aromatic carbocycles. The molecule has 67 heavy (non-hydrogen) atoms. The second-order valence-electron chi connectivity index (χ2n) is 15.9. The van der Waals surface area contributed by atoms with E-state index in [2.05, 4.69) is 5.32 Å².